The molecule has 2 unspecified atom stereocenters. The third-order valence-electron chi connectivity index (χ3n) is 4.13. The van der Waals surface area contributed by atoms with Crippen LogP contribution in [0, 0.1) is 12.8 Å². The molecule has 1 saturated carbocycles. The van der Waals surface area contributed by atoms with Crippen LogP contribution in [0.5, 0.6) is 0 Å². The van der Waals surface area contributed by atoms with Gasteiger partial charge in [-0.1, -0.05) is 13.3 Å². The van der Waals surface area contributed by atoms with E-state index in [9.17, 15) is 4.79 Å². The van der Waals surface area contributed by atoms with E-state index >= 15 is 0 Å². The fraction of sp³-hybridized carbons (Fsp3) is 0.562. The van der Waals surface area contributed by atoms with Gasteiger partial charge in [-0.15, -0.1) is 0 Å². The van der Waals surface area contributed by atoms with Gasteiger partial charge in [0, 0.05) is 11.7 Å². The van der Waals surface area contributed by atoms with Crippen LogP contribution in [-0.4, -0.2) is 19.1 Å². The maximum Gasteiger partial charge on any atom is 0.337 e. The molecule has 3 heteroatoms. The molecule has 1 aromatic rings. The Morgan fingerprint density at radius 1 is 1.42 bits per heavy atom. The second kappa shape index (κ2) is 6.09. The van der Waals surface area contributed by atoms with Crippen LogP contribution < -0.4 is 5.32 Å². The highest BCUT2D eigenvalue weighted by molar-refractivity contribution is 5.90. The van der Waals surface area contributed by atoms with Gasteiger partial charge in [0.2, 0.25) is 0 Å². The molecule has 19 heavy (non-hydrogen) atoms. The molecule has 0 bridgehead atoms. The molecule has 0 amide bonds. The monoisotopic (exact) mass is 261 g/mol. The summed E-state index contributed by atoms with van der Waals surface area (Å²) in [6.07, 6.45) is 5.11. The number of ether oxygens (including phenoxy) is 1. The second-order valence-corrected chi connectivity index (χ2v) is 5.45. The first-order chi connectivity index (χ1) is 9.13. The maximum absolute atomic E-state index is 11.5. The fourth-order valence-corrected chi connectivity index (χ4v) is 2.87. The Balaban J connectivity index is 2.03. The molecule has 1 fully saturated rings. The summed E-state index contributed by atoms with van der Waals surface area (Å²) in [5.41, 5.74) is 2.85. The molecule has 104 valence electrons. The number of rotatable bonds is 4. The van der Waals surface area contributed by atoms with E-state index in [1.165, 1.54) is 32.8 Å². The second-order valence-electron chi connectivity index (χ2n) is 5.45. The first-order valence-corrected chi connectivity index (χ1v) is 7.09. The number of aryl methyl sites for hydroxylation is 1. The standard InChI is InChI=1S/C16H23NO2/c1-4-12-5-7-14(10-12)17-15-8-6-13(9-11(15)2)16(18)19-3/h6,8-9,12,14,17H,4-5,7,10H2,1-3H3. The zero-order valence-electron chi connectivity index (χ0n) is 12.0. The van der Waals surface area contributed by atoms with Crippen molar-refractivity contribution in [3.63, 3.8) is 0 Å². The lowest BCUT2D eigenvalue weighted by atomic mass is 10.0. The van der Waals surface area contributed by atoms with E-state index in [4.69, 9.17) is 4.74 Å². The summed E-state index contributed by atoms with van der Waals surface area (Å²) in [5, 5.41) is 3.61. The molecule has 0 radical (unpaired) electrons. The van der Waals surface area contributed by atoms with E-state index < -0.39 is 0 Å². The van der Waals surface area contributed by atoms with Crippen LogP contribution in [0.4, 0.5) is 5.69 Å². The fourth-order valence-electron chi connectivity index (χ4n) is 2.87. The lowest BCUT2D eigenvalue weighted by Gasteiger charge is -2.17. The van der Waals surface area contributed by atoms with Crippen molar-refractivity contribution in [2.24, 2.45) is 5.92 Å². The van der Waals surface area contributed by atoms with E-state index in [0.29, 0.717) is 11.6 Å². The smallest absolute Gasteiger partial charge is 0.337 e. The van der Waals surface area contributed by atoms with Gasteiger partial charge < -0.3 is 10.1 Å². The van der Waals surface area contributed by atoms with E-state index in [2.05, 4.69) is 12.2 Å². The Kier molecular flexibility index (Phi) is 4.46. The average molecular weight is 261 g/mol. The number of esters is 1. The Morgan fingerprint density at radius 2 is 2.21 bits per heavy atom. The molecule has 1 N–H and O–H groups in total. The van der Waals surface area contributed by atoms with Gasteiger partial charge in [0.15, 0.2) is 0 Å². The first kappa shape index (κ1) is 13.9. The van der Waals surface area contributed by atoms with E-state index in [-0.39, 0.29) is 5.97 Å². The number of nitrogens with one attached hydrogen (secondary N) is 1. The minimum Gasteiger partial charge on any atom is -0.465 e. The highest BCUT2D eigenvalue weighted by Gasteiger charge is 2.23. The molecular weight excluding hydrogens is 238 g/mol. The van der Waals surface area contributed by atoms with Gasteiger partial charge in [0.1, 0.15) is 0 Å². The number of hydrogen-bond acceptors (Lipinski definition) is 3. The van der Waals surface area contributed by atoms with Gasteiger partial charge in [-0.3, -0.25) is 0 Å². The van der Waals surface area contributed by atoms with Gasteiger partial charge in [-0.05, 0) is 55.9 Å². The third-order valence-corrected chi connectivity index (χ3v) is 4.13. The van der Waals surface area contributed by atoms with Crippen molar-refractivity contribution >= 4 is 11.7 Å². The zero-order chi connectivity index (χ0) is 13.8. The Bertz CT molecular complexity index is 456. The number of carbonyl (C=O) groups is 1. The van der Waals surface area contributed by atoms with E-state index in [1.807, 2.05) is 25.1 Å². The lowest BCUT2D eigenvalue weighted by Crippen LogP contribution is -2.16. The average Bonchev–Trinajstić information content (AvgIpc) is 2.88. The van der Waals surface area contributed by atoms with Crippen LogP contribution in [0.3, 0.4) is 0 Å². The molecule has 2 atom stereocenters. The van der Waals surface area contributed by atoms with Gasteiger partial charge in [0.05, 0.1) is 12.7 Å². The molecule has 1 aliphatic rings. The Morgan fingerprint density at radius 3 is 2.79 bits per heavy atom. The van der Waals surface area contributed by atoms with Crippen molar-refractivity contribution in [2.45, 2.75) is 45.6 Å². The molecule has 2 rings (SSSR count). The minimum atomic E-state index is -0.276. The predicted octanol–water partition coefficient (Wildman–Crippen LogP) is 3.77. The van der Waals surface area contributed by atoms with Crippen LogP contribution in [-0.2, 0) is 4.74 Å². The molecule has 0 aromatic heterocycles. The third kappa shape index (κ3) is 3.28. The highest BCUT2D eigenvalue weighted by Crippen LogP contribution is 2.31. The van der Waals surface area contributed by atoms with Crippen molar-refractivity contribution in [3.8, 4) is 0 Å². The molecule has 3 nitrogen and oxygen atoms in total. The Labute approximate surface area is 115 Å². The predicted molar refractivity (Wildman–Crippen MR) is 77.6 cm³/mol. The topological polar surface area (TPSA) is 38.3 Å². The summed E-state index contributed by atoms with van der Waals surface area (Å²) in [4.78, 5) is 11.5. The first-order valence-electron chi connectivity index (χ1n) is 7.09. The molecule has 0 aliphatic heterocycles. The summed E-state index contributed by atoms with van der Waals surface area (Å²) in [6, 6.07) is 6.28. The van der Waals surface area contributed by atoms with Crippen molar-refractivity contribution < 1.29 is 9.53 Å². The number of benzene rings is 1. The molecule has 1 aliphatic carbocycles. The van der Waals surface area contributed by atoms with Gasteiger partial charge in [-0.25, -0.2) is 4.79 Å². The van der Waals surface area contributed by atoms with Crippen LogP contribution in [0.1, 0.15) is 48.5 Å². The summed E-state index contributed by atoms with van der Waals surface area (Å²) in [5.74, 6) is 0.591. The van der Waals surface area contributed by atoms with Crippen LogP contribution in [0.2, 0.25) is 0 Å². The SMILES string of the molecule is CCC1CCC(Nc2ccc(C(=O)OC)cc2C)C1. The van der Waals surface area contributed by atoms with E-state index in [0.717, 1.165) is 17.2 Å². The van der Waals surface area contributed by atoms with Crippen molar-refractivity contribution in [1.29, 1.82) is 0 Å². The molecule has 1 aromatic carbocycles. The highest BCUT2D eigenvalue weighted by atomic mass is 16.5. The van der Waals surface area contributed by atoms with Gasteiger partial charge in [-0.2, -0.15) is 0 Å². The number of hydrogen-bond donors (Lipinski definition) is 1. The van der Waals surface area contributed by atoms with E-state index in [1.54, 1.807) is 0 Å². The van der Waals surface area contributed by atoms with Crippen LogP contribution in [0.25, 0.3) is 0 Å². The summed E-state index contributed by atoms with van der Waals surface area (Å²) in [7, 11) is 1.41. The summed E-state index contributed by atoms with van der Waals surface area (Å²) < 4.78 is 4.73. The quantitative estimate of drug-likeness (QED) is 0.838. The largest absolute Gasteiger partial charge is 0.465 e. The van der Waals surface area contributed by atoms with Crippen molar-refractivity contribution in [3.05, 3.63) is 29.3 Å². The van der Waals surface area contributed by atoms with Crippen molar-refractivity contribution in [2.75, 3.05) is 12.4 Å². The lowest BCUT2D eigenvalue weighted by molar-refractivity contribution is 0.0600. The van der Waals surface area contributed by atoms with Crippen molar-refractivity contribution in [1.82, 2.24) is 0 Å². The number of anilines is 1. The molecule has 0 saturated heterocycles. The van der Waals surface area contributed by atoms with Gasteiger partial charge in [0.25, 0.3) is 0 Å². The summed E-state index contributed by atoms with van der Waals surface area (Å²) >= 11 is 0. The number of carbonyl (C=O) groups excluding carboxylic acids is 1. The number of methoxy groups -OCH3 is 1. The molecular formula is C16H23NO2. The minimum absolute atomic E-state index is 0.276. The van der Waals surface area contributed by atoms with Gasteiger partial charge >= 0.3 is 5.97 Å². The molecule has 0 heterocycles. The zero-order valence-corrected chi connectivity index (χ0v) is 12.0. The maximum atomic E-state index is 11.5. The van der Waals surface area contributed by atoms with Crippen LogP contribution in [0.15, 0.2) is 18.2 Å². The summed E-state index contributed by atoms with van der Waals surface area (Å²) in [6.45, 7) is 4.30. The normalized spacial score (nSPS) is 22.3. The molecule has 0 spiro atoms. The Hall–Kier alpha value is -1.51. The van der Waals surface area contributed by atoms with Crippen LogP contribution >= 0.6 is 0 Å².